The van der Waals surface area contributed by atoms with Crippen molar-refractivity contribution in [2.24, 2.45) is 0 Å². The molecule has 4 aromatic carbocycles. The summed E-state index contributed by atoms with van der Waals surface area (Å²) >= 11 is 0. The van der Waals surface area contributed by atoms with E-state index < -0.39 is 0 Å². The molecule has 0 aromatic heterocycles. The first-order valence-electron chi connectivity index (χ1n) is 13.5. The quantitative estimate of drug-likeness (QED) is 0.194. The zero-order chi connectivity index (χ0) is 26.6. The second kappa shape index (κ2) is 10.8. The highest BCUT2D eigenvalue weighted by atomic mass is 14.3. The molecule has 0 saturated heterocycles. The van der Waals surface area contributed by atoms with Crippen molar-refractivity contribution in [1.82, 2.24) is 0 Å². The van der Waals surface area contributed by atoms with Gasteiger partial charge in [-0.05, 0) is 26.0 Å². The first-order chi connectivity index (χ1) is 19.2. The Hall–Kier alpha value is -4.90. The summed E-state index contributed by atoms with van der Waals surface area (Å²) in [5.41, 5.74) is 17.0. The molecule has 186 valence electrons. The summed E-state index contributed by atoms with van der Waals surface area (Å²) in [6, 6.07) is 42.7. The van der Waals surface area contributed by atoms with Crippen molar-refractivity contribution >= 4 is 16.7 Å². The molecule has 0 unspecified atom stereocenters. The summed E-state index contributed by atoms with van der Waals surface area (Å²) in [7, 11) is 0. The highest BCUT2D eigenvalue weighted by Gasteiger charge is 2.24. The SMILES string of the molecule is CC1=CC(=C=C2C=C(c3ccccc3)[C-](c3ccccc3)C(c3ccccc3)=C2)[CH+]C(C)=C1c1ccccc1. The van der Waals surface area contributed by atoms with Gasteiger partial charge in [-0.3, -0.25) is 0 Å². The van der Waals surface area contributed by atoms with Crippen LogP contribution >= 0.6 is 0 Å². The molecule has 0 heteroatoms. The summed E-state index contributed by atoms with van der Waals surface area (Å²) in [6.45, 7) is 4.40. The lowest BCUT2D eigenvalue weighted by Crippen LogP contribution is -2.10. The van der Waals surface area contributed by atoms with Crippen molar-refractivity contribution < 1.29 is 0 Å². The molecule has 0 aliphatic heterocycles. The summed E-state index contributed by atoms with van der Waals surface area (Å²) in [5.74, 6) is 1.24. The van der Waals surface area contributed by atoms with Gasteiger partial charge in [0.25, 0.3) is 0 Å². The molecule has 0 bridgehead atoms. The van der Waals surface area contributed by atoms with Crippen LogP contribution in [0.3, 0.4) is 0 Å². The molecule has 6 rings (SSSR count). The molecule has 0 spiro atoms. The van der Waals surface area contributed by atoms with Crippen LogP contribution in [0.2, 0.25) is 0 Å². The molecule has 0 saturated carbocycles. The van der Waals surface area contributed by atoms with E-state index in [0.29, 0.717) is 0 Å². The Bertz CT molecular complexity index is 1610. The van der Waals surface area contributed by atoms with E-state index in [2.05, 4.69) is 166 Å². The van der Waals surface area contributed by atoms with Crippen LogP contribution in [-0.4, -0.2) is 0 Å². The smallest absolute Gasteiger partial charge is 0.0999 e. The first-order valence-corrected chi connectivity index (χ1v) is 13.5. The lowest BCUT2D eigenvalue weighted by molar-refractivity contribution is 1.30. The van der Waals surface area contributed by atoms with Crippen LogP contribution in [0.15, 0.2) is 168 Å². The molecule has 0 amide bonds. The van der Waals surface area contributed by atoms with E-state index in [4.69, 9.17) is 0 Å². The van der Waals surface area contributed by atoms with Crippen LogP contribution in [0, 0.1) is 12.3 Å². The molecule has 2 aliphatic carbocycles. The molecule has 0 nitrogen and oxygen atoms in total. The normalized spacial score (nSPS) is 15.2. The Morgan fingerprint density at radius 2 is 1.00 bits per heavy atom. The summed E-state index contributed by atoms with van der Waals surface area (Å²) in [5, 5.41) is 0. The average molecular weight is 499 g/mol. The Labute approximate surface area is 232 Å². The fourth-order valence-corrected chi connectivity index (χ4v) is 5.58. The van der Waals surface area contributed by atoms with E-state index in [0.717, 1.165) is 11.1 Å². The first kappa shape index (κ1) is 24.4. The zero-order valence-corrected chi connectivity index (χ0v) is 22.4. The number of allylic oxidation sites excluding steroid dienone is 9. The van der Waals surface area contributed by atoms with Crippen molar-refractivity contribution in [3.8, 4) is 0 Å². The second-order valence-corrected chi connectivity index (χ2v) is 10.0. The van der Waals surface area contributed by atoms with E-state index in [1.54, 1.807) is 0 Å². The van der Waals surface area contributed by atoms with Gasteiger partial charge in [0, 0.05) is 40.5 Å². The van der Waals surface area contributed by atoms with Crippen LogP contribution in [0.4, 0.5) is 0 Å². The fourth-order valence-electron chi connectivity index (χ4n) is 5.58. The topological polar surface area (TPSA) is 0 Å². The van der Waals surface area contributed by atoms with E-state index in [1.807, 2.05) is 0 Å². The molecule has 0 radical (unpaired) electrons. The fraction of sp³-hybridized carbons (Fsp3) is 0.0513. The van der Waals surface area contributed by atoms with E-state index in [9.17, 15) is 0 Å². The van der Waals surface area contributed by atoms with Crippen LogP contribution in [0.25, 0.3) is 16.7 Å². The Kier molecular flexibility index (Phi) is 6.79. The van der Waals surface area contributed by atoms with Gasteiger partial charge in [0.2, 0.25) is 0 Å². The average Bonchev–Trinajstić information content (AvgIpc) is 2.98. The third-order valence-corrected chi connectivity index (χ3v) is 7.25. The Balaban J connectivity index is 1.53. The molecule has 4 aromatic rings. The third kappa shape index (κ3) is 5.12. The third-order valence-electron chi connectivity index (χ3n) is 7.25. The number of hydrogen-bond acceptors (Lipinski definition) is 0. The highest BCUT2D eigenvalue weighted by molar-refractivity contribution is 6.03. The monoisotopic (exact) mass is 498 g/mol. The van der Waals surface area contributed by atoms with Crippen molar-refractivity contribution in [1.29, 1.82) is 0 Å². The van der Waals surface area contributed by atoms with Gasteiger partial charge < -0.3 is 0 Å². The predicted octanol–water partition coefficient (Wildman–Crippen LogP) is 9.88. The van der Waals surface area contributed by atoms with Crippen LogP contribution in [-0.2, 0) is 0 Å². The van der Waals surface area contributed by atoms with E-state index >= 15 is 0 Å². The van der Waals surface area contributed by atoms with E-state index in [1.165, 1.54) is 56.0 Å². The van der Waals surface area contributed by atoms with Gasteiger partial charge in [0.1, 0.15) is 5.57 Å². The highest BCUT2D eigenvalue weighted by Crippen LogP contribution is 2.45. The van der Waals surface area contributed by atoms with Crippen molar-refractivity contribution in [2.45, 2.75) is 13.8 Å². The van der Waals surface area contributed by atoms with Gasteiger partial charge >= 0.3 is 0 Å². The van der Waals surface area contributed by atoms with Gasteiger partial charge in [-0.25, -0.2) is 0 Å². The molecule has 0 N–H and O–H groups in total. The van der Waals surface area contributed by atoms with Gasteiger partial charge in [0.05, 0.1) is 5.57 Å². The van der Waals surface area contributed by atoms with Gasteiger partial charge in [-0.1, -0.05) is 155 Å². The number of benzene rings is 4. The van der Waals surface area contributed by atoms with Crippen LogP contribution < -0.4 is 0 Å². The maximum Gasteiger partial charge on any atom is 0.147 e. The van der Waals surface area contributed by atoms with Gasteiger partial charge in [-0.15, -0.1) is 0 Å². The summed E-state index contributed by atoms with van der Waals surface area (Å²) in [6.07, 6.45) is 9.09. The lowest BCUT2D eigenvalue weighted by Gasteiger charge is -2.34. The number of rotatable bonds is 4. The molecule has 39 heavy (non-hydrogen) atoms. The zero-order valence-electron chi connectivity index (χ0n) is 22.4. The van der Waals surface area contributed by atoms with Gasteiger partial charge in [0.15, 0.2) is 0 Å². The minimum Gasteiger partial charge on any atom is -0.0999 e. The Morgan fingerprint density at radius 1 is 0.538 bits per heavy atom. The number of hydrogen-bond donors (Lipinski definition) is 0. The largest absolute Gasteiger partial charge is 0.147 e. The summed E-state index contributed by atoms with van der Waals surface area (Å²) < 4.78 is 0. The Morgan fingerprint density at radius 3 is 1.49 bits per heavy atom. The van der Waals surface area contributed by atoms with Crippen molar-refractivity contribution in [3.05, 3.63) is 202 Å². The molecular formula is C39H30. The standard InChI is InChI=1S/C39H30/c1-28-23-30(24-29(2)38(28)34-19-11-5-12-20-34)25-31-26-36(32-15-7-3-8-16-32)39(35-21-13-6-14-22-35)37(27-31)33-17-9-4-10-18-33/h3-24,26-27H,1-2H3. The second-order valence-electron chi connectivity index (χ2n) is 10.0. The van der Waals surface area contributed by atoms with E-state index in [-0.39, 0.29) is 0 Å². The molecule has 0 atom stereocenters. The molecular weight excluding hydrogens is 468 g/mol. The predicted molar refractivity (Wildman–Crippen MR) is 165 cm³/mol. The van der Waals surface area contributed by atoms with Crippen molar-refractivity contribution in [2.75, 3.05) is 0 Å². The minimum atomic E-state index is 1.07. The van der Waals surface area contributed by atoms with Crippen LogP contribution in [0.1, 0.15) is 36.1 Å². The maximum absolute atomic E-state index is 3.76. The molecule has 0 heterocycles. The lowest BCUT2D eigenvalue weighted by atomic mass is 9.74. The molecule has 0 fully saturated rings. The van der Waals surface area contributed by atoms with Crippen molar-refractivity contribution in [3.63, 3.8) is 0 Å². The van der Waals surface area contributed by atoms with Gasteiger partial charge in [-0.2, -0.15) is 0 Å². The van der Waals surface area contributed by atoms with Crippen LogP contribution in [0.5, 0.6) is 0 Å². The maximum atomic E-state index is 3.76. The summed E-state index contributed by atoms with van der Waals surface area (Å²) in [4.78, 5) is 0. The molecule has 2 aliphatic rings. The minimum absolute atomic E-state index is 1.07.